The smallest absolute Gasteiger partial charge is 0.408 e. The summed E-state index contributed by atoms with van der Waals surface area (Å²) >= 11 is 1.34. The number of hydrogen-bond acceptors (Lipinski definition) is 6. The number of fused-ring (bicyclic) bond motifs is 1. The molecule has 8 nitrogen and oxygen atoms in total. The van der Waals surface area contributed by atoms with Gasteiger partial charge in [-0.2, -0.15) is 0 Å². The lowest BCUT2D eigenvalue weighted by molar-refractivity contribution is -0.116. The summed E-state index contributed by atoms with van der Waals surface area (Å²) in [6, 6.07) is 13.8. The first-order valence-electron chi connectivity index (χ1n) is 9.29. The SMILES string of the molecule is O=C(CCCn1c(=O)oc2ccccc21)Nc1ccc(C(=O)Nc2nccs2)cc1. The lowest BCUT2D eigenvalue weighted by atomic mass is 10.2. The van der Waals surface area contributed by atoms with Gasteiger partial charge in [-0.25, -0.2) is 9.78 Å². The quantitative estimate of drug-likeness (QED) is 0.472. The number of nitrogens with zero attached hydrogens (tertiary/aromatic N) is 2. The van der Waals surface area contributed by atoms with Crippen LogP contribution in [0, 0.1) is 0 Å². The third-order valence-corrected chi connectivity index (χ3v) is 5.13. The van der Waals surface area contributed by atoms with E-state index in [1.165, 1.54) is 15.9 Å². The summed E-state index contributed by atoms with van der Waals surface area (Å²) in [6.07, 6.45) is 2.35. The van der Waals surface area contributed by atoms with Gasteiger partial charge >= 0.3 is 5.76 Å². The highest BCUT2D eigenvalue weighted by Gasteiger charge is 2.10. The zero-order chi connectivity index (χ0) is 20.9. The number of carbonyl (C=O) groups is 2. The predicted molar refractivity (Wildman–Crippen MR) is 115 cm³/mol. The van der Waals surface area contributed by atoms with Gasteiger partial charge in [0, 0.05) is 35.8 Å². The number of benzene rings is 2. The van der Waals surface area contributed by atoms with Crippen LogP contribution in [-0.2, 0) is 11.3 Å². The Hall–Kier alpha value is -3.72. The van der Waals surface area contributed by atoms with Crippen LogP contribution in [0.15, 0.2) is 69.3 Å². The number of oxazole rings is 1. The molecule has 4 rings (SSSR count). The van der Waals surface area contributed by atoms with Crippen LogP contribution in [0.2, 0.25) is 0 Å². The summed E-state index contributed by atoms with van der Waals surface area (Å²) in [5, 5.41) is 7.80. The van der Waals surface area contributed by atoms with Gasteiger partial charge < -0.3 is 9.73 Å². The Morgan fingerprint density at radius 1 is 1.07 bits per heavy atom. The molecule has 0 bridgehead atoms. The van der Waals surface area contributed by atoms with Crippen LogP contribution in [0.3, 0.4) is 0 Å². The fourth-order valence-electron chi connectivity index (χ4n) is 3.01. The number of aryl methyl sites for hydroxylation is 1. The molecule has 2 heterocycles. The van der Waals surface area contributed by atoms with E-state index in [4.69, 9.17) is 4.42 Å². The van der Waals surface area contributed by atoms with E-state index in [1.807, 2.05) is 12.1 Å². The fourth-order valence-corrected chi connectivity index (χ4v) is 3.53. The normalized spacial score (nSPS) is 10.8. The van der Waals surface area contributed by atoms with Gasteiger partial charge in [0.05, 0.1) is 5.52 Å². The highest BCUT2D eigenvalue weighted by atomic mass is 32.1. The second-order valence-corrected chi connectivity index (χ2v) is 7.40. The fraction of sp³-hybridized carbons (Fsp3) is 0.143. The maximum atomic E-state index is 12.2. The summed E-state index contributed by atoms with van der Waals surface area (Å²) in [5.41, 5.74) is 2.31. The van der Waals surface area contributed by atoms with E-state index in [-0.39, 0.29) is 18.2 Å². The van der Waals surface area contributed by atoms with Crippen LogP contribution >= 0.6 is 11.3 Å². The molecular formula is C21H18N4O4S. The minimum atomic E-state index is -0.428. The zero-order valence-corrected chi connectivity index (χ0v) is 16.6. The van der Waals surface area contributed by atoms with Gasteiger partial charge in [-0.05, 0) is 42.8 Å². The molecule has 0 unspecified atom stereocenters. The second kappa shape index (κ2) is 8.75. The molecule has 152 valence electrons. The molecule has 2 N–H and O–H groups in total. The van der Waals surface area contributed by atoms with Crippen molar-refractivity contribution in [3.63, 3.8) is 0 Å². The number of aromatic nitrogens is 2. The molecule has 30 heavy (non-hydrogen) atoms. The van der Waals surface area contributed by atoms with Crippen molar-refractivity contribution < 1.29 is 14.0 Å². The maximum absolute atomic E-state index is 12.2. The van der Waals surface area contributed by atoms with Crippen LogP contribution in [-0.4, -0.2) is 21.4 Å². The van der Waals surface area contributed by atoms with E-state index >= 15 is 0 Å². The number of rotatable bonds is 7. The molecule has 0 radical (unpaired) electrons. The molecular weight excluding hydrogens is 404 g/mol. The van der Waals surface area contributed by atoms with Gasteiger partial charge in [0.15, 0.2) is 10.7 Å². The number of carbonyl (C=O) groups excluding carboxylic acids is 2. The Morgan fingerprint density at radius 2 is 1.87 bits per heavy atom. The summed E-state index contributed by atoms with van der Waals surface area (Å²) in [5.74, 6) is -0.861. The van der Waals surface area contributed by atoms with Gasteiger partial charge in [-0.15, -0.1) is 11.3 Å². The number of amides is 2. The Morgan fingerprint density at radius 3 is 2.63 bits per heavy atom. The molecule has 0 aliphatic carbocycles. The lowest BCUT2D eigenvalue weighted by Crippen LogP contribution is -2.17. The molecule has 0 atom stereocenters. The lowest BCUT2D eigenvalue weighted by Gasteiger charge is -2.07. The minimum absolute atomic E-state index is 0.171. The van der Waals surface area contributed by atoms with Crippen LogP contribution in [0.4, 0.5) is 10.8 Å². The van der Waals surface area contributed by atoms with Crippen molar-refractivity contribution in [3.05, 3.63) is 76.2 Å². The van der Waals surface area contributed by atoms with Crippen molar-refractivity contribution in [2.24, 2.45) is 0 Å². The van der Waals surface area contributed by atoms with Gasteiger partial charge in [0.1, 0.15) is 0 Å². The Balaban J connectivity index is 1.29. The predicted octanol–water partition coefficient (Wildman–Crippen LogP) is 3.72. The van der Waals surface area contributed by atoms with Crippen LogP contribution < -0.4 is 16.4 Å². The van der Waals surface area contributed by atoms with Crippen molar-refractivity contribution in [1.29, 1.82) is 0 Å². The molecule has 0 aliphatic rings. The molecule has 0 spiro atoms. The van der Waals surface area contributed by atoms with Crippen LogP contribution in [0.1, 0.15) is 23.2 Å². The molecule has 2 amide bonds. The van der Waals surface area contributed by atoms with Crippen molar-refractivity contribution in [2.75, 3.05) is 10.6 Å². The number of anilines is 2. The van der Waals surface area contributed by atoms with Gasteiger partial charge in [0.2, 0.25) is 5.91 Å². The molecule has 2 aromatic carbocycles. The monoisotopic (exact) mass is 422 g/mol. The topological polar surface area (TPSA) is 106 Å². The van der Waals surface area contributed by atoms with Gasteiger partial charge in [0.25, 0.3) is 5.91 Å². The molecule has 0 fully saturated rings. The summed E-state index contributed by atoms with van der Waals surface area (Å²) in [6.45, 7) is 0.388. The number of para-hydroxylation sites is 2. The molecule has 4 aromatic rings. The molecule has 0 aliphatic heterocycles. The van der Waals surface area contributed by atoms with Gasteiger partial charge in [-0.3, -0.25) is 19.5 Å². The highest BCUT2D eigenvalue weighted by molar-refractivity contribution is 7.13. The minimum Gasteiger partial charge on any atom is -0.408 e. The van der Waals surface area contributed by atoms with E-state index in [2.05, 4.69) is 15.6 Å². The first-order chi connectivity index (χ1) is 14.6. The average molecular weight is 422 g/mol. The number of nitrogens with one attached hydrogen (secondary N) is 2. The van der Waals surface area contributed by atoms with Crippen LogP contribution in [0.25, 0.3) is 11.1 Å². The standard InChI is InChI=1S/C21H18N4O4S/c26-18(6-3-12-25-16-4-1-2-5-17(16)29-21(25)28)23-15-9-7-14(8-10-15)19(27)24-20-22-11-13-30-20/h1-2,4-5,7-11,13H,3,6,12H2,(H,23,26)(H,22,24,27). The Kier molecular flexibility index (Phi) is 5.71. The summed E-state index contributed by atoms with van der Waals surface area (Å²) < 4.78 is 6.71. The number of thiazole rings is 1. The van der Waals surface area contributed by atoms with Crippen molar-refractivity contribution in [1.82, 2.24) is 9.55 Å². The van der Waals surface area contributed by atoms with Crippen LogP contribution in [0.5, 0.6) is 0 Å². The van der Waals surface area contributed by atoms with Crippen molar-refractivity contribution in [3.8, 4) is 0 Å². The molecule has 0 saturated carbocycles. The highest BCUT2D eigenvalue weighted by Crippen LogP contribution is 2.15. The summed E-state index contributed by atoms with van der Waals surface area (Å²) in [4.78, 5) is 40.3. The van der Waals surface area contributed by atoms with Gasteiger partial charge in [-0.1, -0.05) is 12.1 Å². The van der Waals surface area contributed by atoms with E-state index in [9.17, 15) is 14.4 Å². The Bertz CT molecular complexity index is 1230. The second-order valence-electron chi connectivity index (χ2n) is 6.51. The average Bonchev–Trinajstić information content (AvgIpc) is 3.36. The molecule has 0 saturated heterocycles. The molecule has 9 heteroatoms. The Labute approximate surface area is 175 Å². The third kappa shape index (κ3) is 4.47. The van der Waals surface area contributed by atoms with Crippen molar-refractivity contribution >= 4 is 45.1 Å². The van der Waals surface area contributed by atoms with Crippen molar-refractivity contribution in [2.45, 2.75) is 19.4 Å². The number of hydrogen-bond donors (Lipinski definition) is 2. The van der Waals surface area contributed by atoms with E-state index < -0.39 is 5.76 Å². The largest absolute Gasteiger partial charge is 0.419 e. The first kappa shape index (κ1) is 19.6. The molecule has 2 aromatic heterocycles. The third-order valence-electron chi connectivity index (χ3n) is 4.44. The van der Waals surface area contributed by atoms with E-state index in [0.717, 1.165) is 5.52 Å². The zero-order valence-electron chi connectivity index (χ0n) is 15.8. The maximum Gasteiger partial charge on any atom is 0.419 e. The summed E-state index contributed by atoms with van der Waals surface area (Å²) in [7, 11) is 0. The van der Waals surface area contributed by atoms with E-state index in [1.54, 1.807) is 48.0 Å². The van der Waals surface area contributed by atoms with E-state index in [0.29, 0.717) is 34.9 Å². The first-order valence-corrected chi connectivity index (χ1v) is 10.2.